The highest BCUT2D eigenvalue weighted by Crippen LogP contribution is 2.26. The summed E-state index contributed by atoms with van der Waals surface area (Å²) in [5.74, 6) is 0.0249. The highest BCUT2D eigenvalue weighted by atomic mass is 16.6. The first-order chi connectivity index (χ1) is 10.0. The molecule has 0 aliphatic carbocycles. The molecule has 114 valence electrons. The Balaban J connectivity index is 2.12. The molecule has 1 aliphatic rings. The van der Waals surface area contributed by atoms with Gasteiger partial charge in [-0.1, -0.05) is 0 Å². The Bertz CT molecular complexity index is 549. The van der Waals surface area contributed by atoms with E-state index >= 15 is 0 Å². The Morgan fingerprint density at radius 2 is 2.38 bits per heavy atom. The van der Waals surface area contributed by atoms with E-state index in [2.05, 4.69) is 4.98 Å². The molecule has 0 amide bonds. The third-order valence-electron chi connectivity index (χ3n) is 3.45. The Hall–Kier alpha value is -2.38. The number of piperidine rings is 1. The first kappa shape index (κ1) is 15.0. The van der Waals surface area contributed by atoms with E-state index in [-0.39, 0.29) is 23.4 Å². The maximum Gasteiger partial charge on any atom is 0.311 e. The second kappa shape index (κ2) is 6.38. The molecule has 1 atom stereocenters. The number of ether oxygens (including phenoxy) is 1. The van der Waals surface area contributed by atoms with Gasteiger partial charge in [-0.25, -0.2) is 4.98 Å². The number of nitro groups is 1. The van der Waals surface area contributed by atoms with Gasteiger partial charge in [0.1, 0.15) is 5.82 Å². The van der Waals surface area contributed by atoms with E-state index < -0.39 is 4.92 Å². The van der Waals surface area contributed by atoms with Crippen molar-refractivity contribution in [1.29, 1.82) is 0 Å². The number of carbonyl (C=O) groups excluding carboxylic acids is 1. The lowest BCUT2D eigenvalue weighted by Crippen LogP contribution is -2.39. The molecule has 0 aromatic carbocycles. The summed E-state index contributed by atoms with van der Waals surface area (Å²) >= 11 is 0. The van der Waals surface area contributed by atoms with Crippen LogP contribution in [0.2, 0.25) is 0 Å². The number of hydrogen-bond acceptors (Lipinski definition) is 7. The van der Waals surface area contributed by atoms with Crippen LogP contribution < -0.4 is 10.6 Å². The van der Waals surface area contributed by atoms with E-state index in [1.807, 2.05) is 4.90 Å². The van der Waals surface area contributed by atoms with Crippen molar-refractivity contribution in [2.75, 3.05) is 30.3 Å². The minimum absolute atomic E-state index is 0.115. The van der Waals surface area contributed by atoms with Gasteiger partial charge in [-0.2, -0.15) is 0 Å². The lowest BCUT2D eigenvalue weighted by Gasteiger charge is -2.32. The van der Waals surface area contributed by atoms with Gasteiger partial charge in [-0.15, -0.1) is 0 Å². The van der Waals surface area contributed by atoms with Crippen LogP contribution in [0.4, 0.5) is 17.3 Å². The summed E-state index contributed by atoms with van der Waals surface area (Å²) < 4.78 is 5.04. The fraction of sp³-hybridized carbons (Fsp3) is 0.538. The topological polar surface area (TPSA) is 112 Å². The van der Waals surface area contributed by atoms with Gasteiger partial charge < -0.3 is 15.4 Å². The van der Waals surface area contributed by atoms with Crippen LogP contribution in [0.5, 0.6) is 0 Å². The molecule has 1 saturated heterocycles. The number of esters is 1. The standard InChI is InChI=1S/C13H18N4O4/c1-2-21-13(18)9-4-3-7-16(8-9)11-6-5-10(17(19)20)12(14)15-11/h5-6,9H,2-4,7-8H2,1H3,(H2,14,15)/t9-/m1/s1. The highest BCUT2D eigenvalue weighted by Gasteiger charge is 2.28. The average molecular weight is 294 g/mol. The molecule has 0 saturated carbocycles. The molecule has 2 heterocycles. The second-order valence-electron chi connectivity index (χ2n) is 4.87. The Kier molecular flexibility index (Phi) is 4.56. The summed E-state index contributed by atoms with van der Waals surface area (Å²) in [7, 11) is 0. The van der Waals surface area contributed by atoms with Crippen molar-refractivity contribution in [2.45, 2.75) is 19.8 Å². The zero-order chi connectivity index (χ0) is 15.4. The van der Waals surface area contributed by atoms with Crippen molar-refractivity contribution in [2.24, 2.45) is 5.92 Å². The quantitative estimate of drug-likeness (QED) is 0.506. The smallest absolute Gasteiger partial charge is 0.311 e. The molecule has 8 nitrogen and oxygen atoms in total. The number of carbonyl (C=O) groups is 1. The van der Waals surface area contributed by atoms with E-state index in [1.54, 1.807) is 13.0 Å². The largest absolute Gasteiger partial charge is 0.466 e. The van der Waals surface area contributed by atoms with Gasteiger partial charge in [0.05, 0.1) is 17.4 Å². The molecule has 1 aliphatic heterocycles. The Morgan fingerprint density at radius 1 is 1.62 bits per heavy atom. The van der Waals surface area contributed by atoms with E-state index in [9.17, 15) is 14.9 Å². The summed E-state index contributed by atoms with van der Waals surface area (Å²) in [4.78, 5) is 27.9. The molecule has 0 unspecified atom stereocenters. The van der Waals surface area contributed by atoms with Gasteiger partial charge in [0.2, 0.25) is 5.82 Å². The van der Waals surface area contributed by atoms with E-state index in [0.29, 0.717) is 19.0 Å². The lowest BCUT2D eigenvalue weighted by atomic mass is 9.98. The fourth-order valence-corrected chi connectivity index (χ4v) is 2.43. The molecule has 8 heteroatoms. The zero-order valence-electron chi connectivity index (χ0n) is 11.8. The van der Waals surface area contributed by atoms with Gasteiger partial charge in [0.25, 0.3) is 0 Å². The Morgan fingerprint density at radius 3 is 3.00 bits per heavy atom. The van der Waals surface area contributed by atoms with Crippen LogP contribution >= 0.6 is 0 Å². The Labute approximate surface area is 122 Å². The van der Waals surface area contributed by atoms with Gasteiger partial charge in [0, 0.05) is 19.2 Å². The number of pyridine rings is 1. The predicted octanol–water partition coefficient (Wildman–Crippen LogP) is 1.35. The summed E-state index contributed by atoms with van der Waals surface area (Å²) in [5, 5.41) is 10.7. The van der Waals surface area contributed by atoms with Gasteiger partial charge in [-0.05, 0) is 25.8 Å². The first-order valence-corrected chi connectivity index (χ1v) is 6.85. The molecule has 1 aromatic rings. The number of nitrogens with zero attached hydrogens (tertiary/aromatic N) is 3. The van der Waals surface area contributed by atoms with Crippen LogP contribution in [0.15, 0.2) is 12.1 Å². The predicted molar refractivity (Wildman–Crippen MR) is 76.9 cm³/mol. The van der Waals surface area contributed by atoms with E-state index in [4.69, 9.17) is 10.5 Å². The van der Waals surface area contributed by atoms with Crippen LogP contribution in [-0.4, -0.2) is 35.6 Å². The molecule has 1 fully saturated rings. The minimum Gasteiger partial charge on any atom is -0.466 e. The molecule has 2 rings (SSSR count). The molecule has 0 radical (unpaired) electrons. The normalized spacial score (nSPS) is 18.3. The highest BCUT2D eigenvalue weighted by molar-refractivity contribution is 5.73. The number of nitrogen functional groups attached to an aromatic ring is 1. The second-order valence-corrected chi connectivity index (χ2v) is 4.87. The number of rotatable bonds is 4. The van der Waals surface area contributed by atoms with Crippen LogP contribution in [0.25, 0.3) is 0 Å². The van der Waals surface area contributed by atoms with Gasteiger partial charge in [0.15, 0.2) is 0 Å². The first-order valence-electron chi connectivity index (χ1n) is 6.85. The summed E-state index contributed by atoms with van der Waals surface area (Å²) in [6, 6.07) is 2.90. The van der Waals surface area contributed by atoms with Crippen LogP contribution in [0, 0.1) is 16.0 Å². The van der Waals surface area contributed by atoms with Gasteiger partial charge in [-0.3, -0.25) is 14.9 Å². The van der Waals surface area contributed by atoms with Crippen LogP contribution in [0.1, 0.15) is 19.8 Å². The van der Waals surface area contributed by atoms with Crippen LogP contribution in [0.3, 0.4) is 0 Å². The van der Waals surface area contributed by atoms with E-state index in [1.165, 1.54) is 6.07 Å². The summed E-state index contributed by atoms with van der Waals surface area (Å²) in [6.07, 6.45) is 1.61. The van der Waals surface area contributed by atoms with E-state index in [0.717, 1.165) is 19.4 Å². The third kappa shape index (κ3) is 3.39. The number of anilines is 2. The van der Waals surface area contributed by atoms with Crippen molar-refractivity contribution < 1.29 is 14.5 Å². The number of aromatic nitrogens is 1. The molecule has 0 bridgehead atoms. The monoisotopic (exact) mass is 294 g/mol. The summed E-state index contributed by atoms with van der Waals surface area (Å²) in [5.41, 5.74) is 5.39. The summed E-state index contributed by atoms with van der Waals surface area (Å²) in [6.45, 7) is 3.36. The maximum absolute atomic E-state index is 11.8. The van der Waals surface area contributed by atoms with Crippen LogP contribution in [-0.2, 0) is 9.53 Å². The molecule has 21 heavy (non-hydrogen) atoms. The SMILES string of the molecule is CCOC(=O)[C@@H]1CCCN(c2ccc([N+](=O)[O-])c(N)n2)C1. The number of hydrogen-bond donors (Lipinski definition) is 1. The zero-order valence-corrected chi connectivity index (χ0v) is 11.8. The van der Waals surface area contributed by atoms with Crippen molar-refractivity contribution >= 4 is 23.3 Å². The molecular formula is C13H18N4O4. The average Bonchev–Trinajstić information content (AvgIpc) is 2.47. The van der Waals surface area contributed by atoms with Crippen molar-refractivity contribution in [3.63, 3.8) is 0 Å². The van der Waals surface area contributed by atoms with Crippen molar-refractivity contribution in [3.8, 4) is 0 Å². The van der Waals surface area contributed by atoms with Gasteiger partial charge >= 0.3 is 11.7 Å². The maximum atomic E-state index is 11.8. The van der Waals surface area contributed by atoms with Crippen molar-refractivity contribution in [1.82, 2.24) is 4.98 Å². The lowest BCUT2D eigenvalue weighted by molar-refractivity contribution is -0.384. The molecule has 0 spiro atoms. The third-order valence-corrected chi connectivity index (χ3v) is 3.45. The molecule has 1 aromatic heterocycles. The minimum atomic E-state index is -0.566. The number of nitrogens with two attached hydrogens (primary N) is 1. The van der Waals surface area contributed by atoms with Crippen molar-refractivity contribution in [3.05, 3.63) is 22.2 Å². The fourth-order valence-electron chi connectivity index (χ4n) is 2.43. The molecule has 2 N–H and O–H groups in total. The molecular weight excluding hydrogens is 276 g/mol.